The molecule has 2 saturated heterocycles. The summed E-state index contributed by atoms with van der Waals surface area (Å²) in [6.07, 6.45) is 3.16. The second kappa shape index (κ2) is 20.1. The zero-order chi connectivity index (χ0) is 38.5. The largest absolute Gasteiger partial charge is 0.493 e. The molecule has 3 atom stereocenters. The molecular weight excluding hydrogens is 692 g/mol. The van der Waals surface area contributed by atoms with Crippen LogP contribution in [0.15, 0.2) is 54.6 Å². The lowest BCUT2D eigenvalue weighted by molar-refractivity contribution is -0.162. The Hall–Kier alpha value is -4.68. The lowest BCUT2D eigenvalue weighted by atomic mass is 9.91. The Morgan fingerprint density at radius 3 is 2.19 bits per heavy atom. The standard InChI is InChI=1S/C42H56N2O10/c1-7-33(31-27-38(49-4)40(51-6)39(28-31)50-5)41(45)44-18-9-8-13-34(44)42(46)54-35(16-14-29-15-17-36(47-2)37(25-29)48-3)30-11-10-12-32(26-30)53-24-21-43-19-22-52-23-20-43/h10-12,15,17,25-28,33-35H,7-9,13-14,16,18-24H2,1-6H3/t33?,34?,35-/m1/s1. The minimum Gasteiger partial charge on any atom is -0.493 e. The Bertz CT molecular complexity index is 1650. The Balaban J connectivity index is 1.37. The summed E-state index contributed by atoms with van der Waals surface area (Å²) in [5.74, 6) is 2.30. The number of benzene rings is 3. The van der Waals surface area contributed by atoms with E-state index in [4.69, 9.17) is 37.9 Å². The molecule has 54 heavy (non-hydrogen) atoms. The van der Waals surface area contributed by atoms with Crippen LogP contribution in [0.1, 0.15) is 67.7 Å². The molecule has 12 nitrogen and oxygen atoms in total. The van der Waals surface area contributed by atoms with E-state index in [1.165, 1.54) is 0 Å². The topological polar surface area (TPSA) is 114 Å². The predicted octanol–water partition coefficient (Wildman–Crippen LogP) is 6.23. The van der Waals surface area contributed by atoms with Crippen molar-refractivity contribution < 1.29 is 47.5 Å². The molecule has 2 heterocycles. The maximum Gasteiger partial charge on any atom is 0.329 e. The van der Waals surface area contributed by atoms with E-state index in [0.717, 1.165) is 62.4 Å². The van der Waals surface area contributed by atoms with Crippen molar-refractivity contribution in [2.24, 2.45) is 0 Å². The van der Waals surface area contributed by atoms with Crippen molar-refractivity contribution in [3.8, 4) is 34.5 Å². The van der Waals surface area contributed by atoms with Crippen LogP contribution in [0.3, 0.4) is 0 Å². The first-order valence-corrected chi connectivity index (χ1v) is 18.9. The van der Waals surface area contributed by atoms with Crippen molar-refractivity contribution in [3.63, 3.8) is 0 Å². The van der Waals surface area contributed by atoms with Gasteiger partial charge in [0.2, 0.25) is 11.7 Å². The highest BCUT2D eigenvalue weighted by molar-refractivity contribution is 5.89. The number of amides is 1. The third-order valence-electron chi connectivity index (χ3n) is 10.3. The molecular formula is C42H56N2O10. The van der Waals surface area contributed by atoms with Crippen molar-refractivity contribution >= 4 is 11.9 Å². The lowest BCUT2D eigenvalue weighted by Crippen LogP contribution is -2.50. The van der Waals surface area contributed by atoms with Gasteiger partial charge >= 0.3 is 5.97 Å². The van der Waals surface area contributed by atoms with Crippen LogP contribution in [0.25, 0.3) is 0 Å². The highest BCUT2D eigenvalue weighted by Gasteiger charge is 2.38. The van der Waals surface area contributed by atoms with Gasteiger partial charge in [0.25, 0.3) is 0 Å². The van der Waals surface area contributed by atoms with Crippen LogP contribution >= 0.6 is 0 Å². The molecule has 5 rings (SSSR count). The number of rotatable bonds is 18. The van der Waals surface area contributed by atoms with Gasteiger partial charge < -0.3 is 42.8 Å². The monoisotopic (exact) mass is 748 g/mol. The summed E-state index contributed by atoms with van der Waals surface area (Å²) in [5, 5.41) is 0. The van der Waals surface area contributed by atoms with Gasteiger partial charge in [-0.3, -0.25) is 9.69 Å². The fourth-order valence-corrected chi connectivity index (χ4v) is 7.26. The van der Waals surface area contributed by atoms with E-state index in [-0.39, 0.29) is 5.91 Å². The van der Waals surface area contributed by atoms with Gasteiger partial charge in [-0.15, -0.1) is 0 Å². The number of carbonyl (C=O) groups excluding carboxylic acids is 2. The van der Waals surface area contributed by atoms with Gasteiger partial charge in [0, 0.05) is 26.2 Å². The van der Waals surface area contributed by atoms with Crippen LogP contribution in [0.5, 0.6) is 34.5 Å². The average molecular weight is 749 g/mol. The molecule has 2 aliphatic rings. The fourth-order valence-electron chi connectivity index (χ4n) is 7.26. The molecule has 0 bridgehead atoms. The van der Waals surface area contributed by atoms with E-state index < -0.39 is 24.0 Å². The molecule has 0 saturated carbocycles. The van der Waals surface area contributed by atoms with E-state index in [9.17, 15) is 9.59 Å². The molecule has 2 unspecified atom stereocenters. The van der Waals surface area contributed by atoms with Gasteiger partial charge in [-0.25, -0.2) is 4.79 Å². The number of methoxy groups -OCH3 is 5. The smallest absolute Gasteiger partial charge is 0.329 e. The van der Waals surface area contributed by atoms with Crippen LogP contribution in [0.2, 0.25) is 0 Å². The Kier molecular flexibility index (Phi) is 15.1. The number of ether oxygens (including phenoxy) is 8. The molecule has 1 amide bonds. The fraction of sp³-hybridized carbons (Fsp3) is 0.524. The van der Waals surface area contributed by atoms with Crippen molar-refractivity contribution in [2.75, 3.05) is 81.5 Å². The summed E-state index contributed by atoms with van der Waals surface area (Å²) >= 11 is 0. The van der Waals surface area contributed by atoms with Crippen LogP contribution in [-0.2, 0) is 25.5 Å². The van der Waals surface area contributed by atoms with Gasteiger partial charge in [0.05, 0.1) is 54.7 Å². The summed E-state index contributed by atoms with van der Waals surface area (Å²) in [4.78, 5) is 32.7. The summed E-state index contributed by atoms with van der Waals surface area (Å²) in [5.41, 5.74) is 2.57. The molecule has 3 aromatic carbocycles. The molecule has 0 N–H and O–H groups in total. The number of piperidine rings is 1. The lowest BCUT2D eigenvalue weighted by Gasteiger charge is -2.37. The number of morpholine rings is 1. The Morgan fingerprint density at radius 1 is 0.796 bits per heavy atom. The third-order valence-corrected chi connectivity index (χ3v) is 10.3. The molecule has 0 aromatic heterocycles. The van der Waals surface area contributed by atoms with Gasteiger partial charge in [-0.2, -0.15) is 0 Å². The molecule has 12 heteroatoms. The first-order valence-electron chi connectivity index (χ1n) is 18.9. The summed E-state index contributed by atoms with van der Waals surface area (Å²) in [7, 11) is 7.86. The second-order valence-corrected chi connectivity index (χ2v) is 13.5. The van der Waals surface area contributed by atoms with Crippen LogP contribution in [0.4, 0.5) is 0 Å². The highest BCUT2D eigenvalue weighted by Crippen LogP contribution is 2.41. The highest BCUT2D eigenvalue weighted by atomic mass is 16.5. The summed E-state index contributed by atoms with van der Waals surface area (Å²) < 4.78 is 45.8. The van der Waals surface area contributed by atoms with Crippen LogP contribution in [-0.4, -0.2) is 109 Å². The number of esters is 1. The van der Waals surface area contributed by atoms with Crippen LogP contribution < -0.4 is 28.4 Å². The van der Waals surface area contributed by atoms with Gasteiger partial charge in [0.15, 0.2) is 23.0 Å². The molecule has 294 valence electrons. The van der Waals surface area contributed by atoms with Crippen molar-refractivity contribution in [1.82, 2.24) is 9.80 Å². The number of likely N-dealkylation sites (tertiary alicyclic amines) is 1. The van der Waals surface area contributed by atoms with E-state index in [1.54, 1.807) is 40.4 Å². The average Bonchev–Trinajstić information content (AvgIpc) is 3.22. The SMILES string of the molecule is CCC(C(=O)N1CCCCC1C(=O)O[C@H](CCc1ccc(OC)c(OC)c1)c1cccc(OCCN2CCOCC2)c1)c1cc(OC)c(OC)c(OC)c1. The molecule has 0 radical (unpaired) electrons. The first kappa shape index (κ1) is 40.5. The maximum atomic E-state index is 14.4. The second-order valence-electron chi connectivity index (χ2n) is 13.5. The van der Waals surface area contributed by atoms with Crippen molar-refractivity contribution in [1.29, 1.82) is 0 Å². The number of hydrogen-bond acceptors (Lipinski definition) is 11. The zero-order valence-electron chi connectivity index (χ0n) is 32.6. The van der Waals surface area contributed by atoms with E-state index in [2.05, 4.69) is 4.90 Å². The van der Waals surface area contributed by atoms with E-state index >= 15 is 0 Å². The molecule has 2 fully saturated rings. The summed E-state index contributed by atoms with van der Waals surface area (Å²) in [6, 6.07) is 16.5. The molecule has 0 aliphatic carbocycles. The number of aryl methyl sites for hydroxylation is 1. The number of carbonyl (C=O) groups is 2. The normalized spacial score (nSPS) is 17.2. The quantitative estimate of drug-likeness (QED) is 0.138. The van der Waals surface area contributed by atoms with Gasteiger partial charge in [-0.1, -0.05) is 25.1 Å². The summed E-state index contributed by atoms with van der Waals surface area (Å²) in [6.45, 7) is 6.99. The van der Waals surface area contributed by atoms with Crippen LogP contribution in [0, 0.1) is 0 Å². The van der Waals surface area contributed by atoms with Gasteiger partial charge in [0.1, 0.15) is 24.5 Å². The molecule has 0 spiro atoms. The third kappa shape index (κ3) is 10.1. The molecule has 2 aliphatic heterocycles. The minimum absolute atomic E-state index is 0.133. The molecule has 3 aromatic rings. The number of hydrogen-bond donors (Lipinski definition) is 0. The van der Waals surface area contributed by atoms with Crippen molar-refractivity contribution in [2.45, 2.75) is 63.5 Å². The predicted molar refractivity (Wildman–Crippen MR) is 204 cm³/mol. The van der Waals surface area contributed by atoms with Crippen molar-refractivity contribution in [3.05, 3.63) is 71.3 Å². The zero-order valence-corrected chi connectivity index (χ0v) is 32.6. The minimum atomic E-state index is -0.723. The van der Waals surface area contributed by atoms with E-state index in [0.29, 0.717) is 73.3 Å². The first-order chi connectivity index (χ1) is 26.3. The van der Waals surface area contributed by atoms with E-state index in [1.807, 2.05) is 61.5 Å². The Morgan fingerprint density at radius 2 is 1.52 bits per heavy atom. The Labute approximate surface area is 319 Å². The number of nitrogens with zero attached hydrogens (tertiary/aromatic N) is 2. The van der Waals surface area contributed by atoms with Gasteiger partial charge in [-0.05, 0) is 91.6 Å². The maximum absolute atomic E-state index is 14.4.